The van der Waals surface area contributed by atoms with E-state index < -0.39 is 13.8 Å². The van der Waals surface area contributed by atoms with Crippen LogP contribution >= 0.6 is 34.8 Å². The minimum Gasteiger partial charge on any atom is -0.356 e. The van der Waals surface area contributed by atoms with Gasteiger partial charge in [0.25, 0.3) is 10.0 Å². The van der Waals surface area contributed by atoms with Crippen molar-refractivity contribution in [2.24, 2.45) is 4.40 Å². The molecule has 1 fully saturated rings. The van der Waals surface area contributed by atoms with Crippen LogP contribution in [0.1, 0.15) is 19.3 Å². The first kappa shape index (κ1) is 16.9. The van der Waals surface area contributed by atoms with Gasteiger partial charge in [0.2, 0.25) is 3.79 Å². The Kier molecular flexibility index (Phi) is 5.41. The molecule has 0 radical (unpaired) electrons. The first-order valence-electron chi connectivity index (χ1n) is 6.53. The fraction of sp³-hybridized carbons (Fsp3) is 0.462. The second-order valence-corrected chi connectivity index (χ2v) is 8.63. The molecule has 0 aliphatic carbocycles. The van der Waals surface area contributed by atoms with Crippen LogP contribution in [-0.4, -0.2) is 36.0 Å². The number of rotatable bonds is 2. The van der Waals surface area contributed by atoms with E-state index in [4.69, 9.17) is 34.8 Å². The van der Waals surface area contributed by atoms with Gasteiger partial charge in [-0.25, -0.2) is 0 Å². The zero-order valence-electron chi connectivity index (χ0n) is 11.2. The van der Waals surface area contributed by atoms with Crippen LogP contribution < -0.4 is 0 Å². The Labute approximate surface area is 139 Å². The summed E-state index contributed by atoms with van der Waals surface area (Å²) >= 11 is 17.8. The standard InChI is InChI=1S/C13H15Cl3N2O2S/c14-13(15,16)12(18-9-5-2-6-10-18)17-21(19,20)11-7-3-1-4-8-11/h1,3-4,7-8H,2,5-6,9-10H2. The quantitative estimate of drug-likeness (QED) is 0.454. The fourth-order valence-electron chi connectivity index (χ4n) is 2.15. The van der Waals surface area contributed by atoms with Crippen LogP contribution in [0.25, 0.3) is 0 Å². The van der Waals surface area contributed by atoms with Gasteiger partial charge in [0.1, 0.15) is 0 Å². The maximum absolute atomic E-state index is 12.3. The predicted octanol–water partition coefficient (Wildman–Crippen LogP) is 3.63. The van der Waals surface area contributed by atoms with Crippen LogP contribution in [0.5, 0.6) is 0 Å². The number of amidine groups is 1. The van der Waals surface area contributed by atoms with Crippen molar-refractivity contribution in [2.75, 3.05) is 13.1 Å². The van der Waals surface area contributed by atoms with E-state index in [1.54, 1.807) is 23.1 Å². The van der Waals surface area contributed by atoms with Gasteiger partial charge in [-0.2, -0.15) is 8.42 Å². The normalized spacial score (nSPS) is 17.9. The molecule has 0 atom stereocenters. The zero-order valence-corrected chi connectivity index (χ0v) is 14.3. The van der Waals surface area contributed by atoms with Crippen LogP contribution in [0.15, 0.2) is 39.6 Å². The van der Waals surface area contributed by atoms with Crippen molar-refractivity contribution in [3.8, 4) is 0 Å². The lowest BCUT2D eigenvalue weighted by Gasteiger charge is -2.32. The lowest BCUT2D eigenvalue weighted by Crippen LogP contribution is -2.43. The van der Waals surface area contributed by atoms with Gasteiger partial charge >= 0.3 is 0 Å². The molecule has 0 unspecified atom stereocenters. The lowest BCUT2D eigenvalue weighted by atomic mass is 10.1. The van der Waals surface area contributed by atoms with Gasteiger partial charge in [-0.15, -0.1) is 4.40 Å². The second kappa shape index (κ2) is 6.73. The molecule has 0 spiro atoms. The molecule has 4 nitrogen and oxygen atoms in total. The number of hydrogen-bond acceptors (Lipinski definition) is 2. The molecule has 0 aromatic heterocycles. The highest BCUT2D eigenvalue weighted by Gasteiger charge is 2.35. The van der Waals surface area contributed by atoms with E-state index in [0.717, 1.165) is 19.3 Å². The maximum atomic E-state index is 12.3. The molecule has 21 heavy (non-hydrogen) atoms. The number of nitrogens with zero attached hydrogens (tertiary/aromatic N) is 2. The molecule has 0 bridgehead atoms. The first-order chi connectivity index (χ1) is 9.81. The molecule has 2 rings (SSSR count). The number of benzene rings is 1. The summed E-state index contributed by atoms with van der Waals surface area (Å²) in [6.07, 6.45) is 2.92. The lowest BCUT2D eigenvalue weighted by molar-refractivity contribution is 0.339. The summed E-state index contributed by atoms with van der Waals surface area (Å²) in [6, 6.07) is 7.90. The monoisotopic (exact) mass is 368 g/mol. The van der Waals surface area contributed by atoms with E-state index in [-0.39, 0.29) is 10.7 Å². The minimum absolute atomic E-state index is 0.0314. The average Bonchev–Trinajstić information content (AvgIpc) is 2.46. The number of alkyl halides is 3. The topological polar surface area (TPSA) is 49.7 Å². The molecule has 1 aliphatic heterocycles. The first-order valence-corrected chi connectivity index (χ1v) is 9.10. The van der Waals surface area contributed by atoms with Gasteiger partial charge in [-0.3, -0.25) is 0 Å². The highest BCUT2D eigenvalue weighted by Crippen LogP contribution is 2.32. The Balaban J connectivity index is 2.41. The summed E-state index contributed by atoms with van der Waals surface area (Å²) in [5.74, 6) is -0.0314. The Hall–Kier alpha value is -0.490. The molecule has 1 aliphatic rings. The minimum atomic E-state index is -3.90. The third kappa shape index (κ3) is 4.49. The smallest absolute Gasteiger partial charge is 0.284 e. The molecule has 116 valence electrons. The van der Waals surface area contributed by atoms with E-state index in [1.165, 1.54) is 12.1 Å². The molecule has 1 saturated heterocycles. The predicted molar refractivity (Wildman–Crippen MR) is 86.8 cm³/mol. The van der Waals surface area contributed by atoms with Gasteiger partial charge in [-0.1, -0.05) is 53.0 Å². The van der Waals surface area contributed by atoms with Crippen LogP contribution in [0, 0.1) is 0 Å². The summed E-state index contributed by atoms with van der Waals surface area (Å²) in [6.45, 7) is 1.27. The molecule has 8 heteroatoms. The maximum Gasteiger partial charge on any atom is 0.284 e. The molecule has 1 aromatic carbocycles. The molecule has 1 aromatic rings. The average molecular weight is 370 g/mol. The van der Waals surface area contributed by atoms with Crippen molar-refractivity contribution in [3.63, 3.8) is 0 Å². The highest BCUT2D eigenvalue weighted by molar-refractivity contribution is 7.90. The van der Waals surface area contributed by atoms with Gasteiger partial charge in [0.15, 0.2) is 5.84 Å². The van der Waals surface area contributed by atoms with Gasteiger partial charge in [-0.05, 0) is 31.4 Å². The number of piperidine rings is 1. The van der Waals surface area contributed by atoms with E-state index in [9.17, 15) is 8.42 Å². The van der Waals surface area contributed by atoms with Crippen molar-refractivity contribution in [1.29, 1.82) is 0 Å². The van der Waals surface area contributed by atoms with Gasteiger partial charge in [0.05, 0.1) is 4.90 Å². The van der Waals surface area contributed by atoms with Crippen molar-refractivity contribution in [1.82, 2.24) is 4.90 Å². The molecular formula is C13H15Cl3N2O2S. The third-order valence-electron chi connectivity index (χ3n) is 3.16. The SMILES string of the molecule is O=S(=O)(N=C(N1CCCCC1)C(Cl)(Cl)Cl)c1ccccc1. The zero-order chi connectivity index (χ0) is 15.5. The Morgan fingerprint density at radius 1 is 1.05 bits per heavy atom. The Morgan fingerprint density at radius 2 is 1.62 bits per heavy atom. The number of sulfonamides is 1. The Morgan fingerprint density at radius 3 is 2.14 bits per heavy atom. The highest BCUT2D eigenvalue weighted by atomic mass is 35.6. The van der Waals surface area contributed by atoms with Crippen molar-refractivity contribution >= 4 is 50.7 Å². The molecule has 0 N–H and O–H groups in total. The van der Waals surface area contributed by atoms with Crippen LogP contribution in [0.2, 0.25) is 0 Å². The van der Waals surface area contributed by atoms with E-state index in [1.807, 2.05) is 0 Å². The Bertz CT molecular complexity index is 606. The molecular weight excluding hydrogens is 355 g/mol. The molecule has 0 saturated carbocycles. The number of likely N-dealkylation sites (tertiary alicyclic amines) is 1. The van der Waals surface area contributed by atoms with Crippen molar-refractivity contribution in [3.05, 3.63) is 30.3 Å². The van der Waals surface area contributed by atoms with E-state index in [2.05, 4.69) is 4.40 Å². The molecule has 1 heterocycles. The summed E-state index contributed by atoms with van der Waals surface area (Å²) in [5, 5.41) is 0. The third-order valence-corrected chi connectivity index (χ3v) is 4.95. The van der Waals surface area contributed by atoms with E-state index in [0.29, 0.717) is 13.1 Å². The number of hydrogen-bond donors (Lipinski definition) is 0. The fourth-order valence-corrected chi connectivity index (χ4v) is 3.88. The van der Waals surface area contributed by atoms with Gasteiger partial charge < -0.3 is 4.90 Å². The van der Waals surface area contributed by atoms with Crippen molar-refractivity contribution < 1.29 is 8.42 Å². The summed E-state index contributed by atoms with van der Waals surface area (Å²) in [4.78, 5) is 1.81. The molecule has 0 amide bonds. The largest absolute Gasteiger partial charge is 0.356 e. The van der Waals surface area contributed by atoms with Crippen LogP contribution in [-0.2, 0) is 10.0 Å². The van der Waals surface area contributed by atoms with Crippen LogP contribution in [0.3, 0.4) is 0 Å². The van der Waals surface area contributed by atoms with Crippen molar-refractivity contribution in [2.45, 2.75) is 28.0 Å². The van der Waals surface area contributed by atoms with Gasteiger partial charge in [0, 0.05) is 13.1 Å². The second-order valence-electron chi connectivity index (χ2n) is 4.75. The summed E-state index contributed by atoms with van der Waals surface area (Å²) in [5.41, 5.74) is 0. The summed E-state index contributed by atoms with van der Waals surface area (Å²) in [7, 11) is -3.90. The number of halogens is 3. The summed E-state index contributed by atoms with van der Waals surface area (Å²) < 4.78 is 26.6. The van der Waals surface area contributed by atoms with Crippen LogP contribution in [0.4, 0.5) is 0 Å². The van der Waals surface area contributed by atoms with E-state index >= 15 is 0 Å².